The molecule has 2 aromatic carbocycles. The van der Waals surface area contributed by atoms with Gasteiger partial charge in [-0.25, -0.2) is 4.39 Å². The van der Waals surface area contributed by atoms with Gasteiger partial charge in [0.15, 0.2) is 0 Å². The van der Waals surface area contributed by atoms with Crippen LogP contribution in [0.15, 0.2) is 40.9 Å². The second-order valence-electron chi connectivity index (χ2n) is 4.34. The van der Waals surface area contributed by atoms with Gasteiger partial charge in [0, 0.05) is 17.2 Å². The molecule has 0 fully saturated rings. The fraction of sp³-hybridized carbons (Fsp3) is 0.250. The molecule has 5 heteroatoms. The van der Waals surface area contributed by atoms with Crippen molar-refractivity contribution in [2.45, 2.75) is 12.3 Å². The Labute approximate surface area is 137 Å². The smallest absolute Gasteiger partial charge is 0.141 e. The van der Waals surface area contributed by atoms with Crippen molar-refractivity contribution in [2.75, 3.05) is 13.7 Å². The van der Waals surface area contributed by atoms with Crippen molar-refractivity contribution in [1.29, 1.82) is 0 Å². The van der Waals surface area contributed by atoms with E-state index in [4.69, 9.17) is 21.1 Å². The van der Waals surface area contributed by atoms with E-state index in [2.05, 4.69) is 15.9 Å². The highest BCUT2D eigenvalue weighted by Gasteiger charge is 2.21. The third-order valence-corrected chi connectivity index (χ3v) is 4.12. The highest BCUT2D eigenvalue weighted by atomic mass is 79.9. The van der Waals surface area contributed by atoms with Crippen LogP contribution in [-0.4, -0.2) is 13.7 Å². The summed E-state index contributed by atoms with van der Waals surface area (Å²) in [6, 6.07) is 10.5. The number of hydrogen-bond donors (Lipinski definition) is 0. The van der Waals surface area contributed by atoms with Gasteiger partial charge in [-0.1, -0.05) is 18.2 Å². The van der Waals surface area contributed by atoms with Gasteiger partial charge in [-0.3, -0.25) is 0 Å². The Balaban J connectivity index is 2.49. The number of benzene rings is 2. The van der Waals surface area contributed by atoms with E-state index in [0.717, 1.165) is 5.56 Å². The van der Waals surface area contributed by atoms with Crippen LogP contribution in [0.1, 0.15) is 23.4 Å². The van der Waals surface area contributed by atoms with Crippen LogP contribution in [-0.2, 0) is 0 Å². The highest BCUT2D eigenvalue weighted by Crippen LogP contribution is 2.41. The Morgan fingerprint density at radius 3 is 2.57 bits per heavy atom. The molecule has 0 heterocycles. The number of halogens is 3. The van der Waals surface area contributed by atoms with Crippen LogP contribution in [0.5, 0.6) is 11.5 Å². The molecule has 0 amide bonds. The molecule has 0 bridgehead atoms. The quantitative estimate of drug-likeness (QED) is 0.660. The van der Waals surface area contributed by atoms with E-state index >= 15 is 0 Å². The van der Waals surface area contributed by atoms with E-state index in [9.17, 15) is 4.39 Å². The molecule has 0 aliphatic rings. The maximum Gasteiger partial charge on any atom is 0.141 e. The van der Waals surface area contributed by atoms with Gasteiger partial charge in [0.25, 0.3) is 0 Å². The van der Waals surface area contributed by atoms with Crippen molar-refractivity contribution in [3.63, 3.8) is 0 Å². The van der Waals surface area contributed by atoms with Gasteiger partial charge in [0.05, 0.1) is 23.6 Å². The van der Waals surface area contributed by atoms with Crippen molar-refractivity contribution in [1.82, 2.24) is 0 Å². The van der Waals surface area contributed by atoms with Crippen molar-refractivity contribution in [2.24, 2.45) is 0 Å². The summed E-state index contributed by atoms with van der Waals surface area (Å²) >= 11 is 9.76. The van der Waals surface area contributed by atoms with Crippen LogP contribution in [0.4, 0.5) is 4.39 Å². The lowest BCUT2D eigenvalue weighted by molar-refractivity contribution is 0.336. The maximum absolute atomic E-state index is 13.6. The number of ether oxygens (including phenoxy) is 2. The lowest BCUT2D eigenvalue weighted by Crippen LogP contribution is -2.02. The molecule has 0 saturated carbocycles. The van der Waals surface area contributed by atoms with Crippen LogP contribution < -0.4 is 9.47 Å². The van der Waals surface area contributed by atoms with Crippen molar-refractivity contribution >= 4 is 27.5 Å². The normalized spacial score (nSPS) is 12.0. The molecule has 0 N–H and O–H groups in total. The van der Waals surface area contributed by atoms with Crippen molar-refractivity contribution in [3.05, 3.63) is 57.8 Å². The second kappa shape index (κ2) is 7.14. The average molecular weight is 374 g/mol. The van der Waals surface area contributed by atoms with Crippen LogP contribution in [0.3, 0.4) is 0 Å². The summed E-state index contributed by atoms with van der Waals surface area (Å²) in [5.74, 6) is 0.724. The van der Waals surface area contributed by atoms with E-state index in [1.165, 1.54) is 13.2 Å². The van der Waals surface area contributed by atoms with E-state index in [-0.39, 0.29) is 0 Å². The fourth-order valence-corrected chi connectivity index (χ4v) is 2.78. The summed E-state index contributed by atoms with van der Waals surface area (Å²) in [4.78, 5) is 0. The third kappa shape index (κ3) is 3.50. The van der Waals surface area contributed by atoms with Crippen molar-refractivity contribution in [3.8, 4) is 11.5 Å². The molecule has 2 aromatic rings. The predicted molar refractivity (Wildman–Crippen MR) is 86.0 cm³/mol. The summed E-state index contributed by atoms with van der Waals surface area (Å²) in [7, 11) is 1.49. The average Bonchev–Trinajstić information content (AvgIpc) is 2.49. The van der Waals surface area contributed by atoms with Crippen LogP contribution in [0.2, 0.25) is 0 Å². The standard InChI is InChI=1S/C16H15BrClFO2/c1-3-21-14-7-5-4-6-10(14)16(18)11-8-12(17)13(19)9-15(11)20-2/h4-9,16H,3H2,1-2H3. The number of alkyl halides is 1. The molecular formula is C16H15BrClFO2. The minimum atomic E-state index is -0.500. The topological polar surface area (TPSA) is 18.5 Å². The molecular weight excluding hydrogens is 359 g/mol. The largest absolute Gasteiger partial charge is 0.496 e. The van der Waals surface area contributed by atoms with Gasteiger partial charge in [0.2, 0.25) is 0 Å². The summed E-state index contributed by atoms with van der Waals surface area (Å²) in [5, 5.41) is -0.500. The van der Waals surface area contributed by atoms with E-state index < -0.39 is 11.2 Å². The zero-order valence-electron chi connectivity index (χ0n) is 11.7. The van der Waals surface area contributed by atoms with E-state index in [1.54, 1.807) is 6.07 Å². The number of methoxy groups -OCH3 is 1. The highest BCUT2D eigenvalue weighted by molar-refractivity contribution is 9.10. The molecule has 1 atom stereocenters. The first-order valence-corrected chi connectivity index (χ1v) is 7.70. The summed E-state index contributed by atoms with van der Waals surface area (Å²) in [5.41, 5.74) is 1.50. The van der Waals surface area contributed by atoms with Gasteiger partial charge >= 0.3 is 0 Å². The van der Waals surface area contributed by atoms with Crippen LogP contribution >= 0.6 is 27.5 Å². The molecule has 0 radical (unpaired) electrons. The molecule has 21 heavy (non-hydrogen) atoms. The van der Waals surface area contributed by atoms with E-state index in [0.29, 0.717) is 28.1 Å². The number of hydrogen-bond acceptors (Lipinski definition) is 2. The Morgan fingerprint density at radius 1 is 1.19 bits per heavy atom. The first kappa shape index (κ1) is 16.1. The van der Waals surface area contributed by atoms with Gasteiger partial charge in [0.1, 0.15) is 17.3 Å². The molecule has 0 spiro atoms. The van der Waals surface area contributed by atoms with Gasteiger partial charge < -0.3 is 9.47 Å². The molecule has 0 saturated heterocycles. The van der Waals surface area contributed by atoms with Crippen LogP contribution in [0.25, 0.3) is 0 Å². The van der Waals surface area contributed by atoms with Gasteiger partial charge in [-0.2, -0.15) is 0 Å². The number of para-hydroxylation sites is 1. The monoisotopic (exact) mass is 372 g/mol. The van der Waals surface area contributed by atoms with E-state index in [1.807, 2.05) is 31.2 Å². The molecule has 1 unspecified atom stereocenters. The minimum Gasteiger partial charge on any atom is -0.496 e. The summed E-state index contributed by atoms with van der Waals surface area (Å²) in [6.45, 7) is 2.46. The summed E-state index contributed by atoms with van der Waals surface area (Å²) in [6.07, 6.45) is 0. The van der Waals surface area contributed by atoms with Gasteiger partial charge in [-0.05, 0) is 35.0 Å². The zero-order valence-corrected chi connectivity index (χ0v) is 14.0. The van der Waals surface area contributed by atoms with Crippen LogP contribution in [0, 0.1) is 5.82 Å². The Hall–Kier alpha value is -1.26. The minimum absolute atomic E-state index is 0.345. The molecule has 0 aliphatic carbocycles. The Morgan fingerprint density at radius 2 is 1.90 bits per heavy atom. The Bertz CT molecular complexity index is 634. The molecule has 0 aliphatic heterocycles. The first-order valence-electron chi connectivity index (χ1n) is 6.47. The van der Waals surface area contributed by atoms with Crippen molar-refractivity contribution < 1.29 is 13.9 Å². The molecule has 112 valence electrons. The SMILES string of the molecule is CCOc1ccccc1C(Cl)c1cc(Br)c(F)cc1OC. The zero-order chi connectivity index (χ0) is 15.4. The molecule has 0 aromatic heterocycles. The maximum atomic E-state index is 13.6. The second-order valence-corrected chi connectivity index (χ2v) is 5.63. The molecule has 2 nitrogen and oxygen atoms in total. The summed E-state index contributed by atoms with van der Waals surface area (Å²) < 4.78 is 24.8. The number of rotatable bonds is 5. The van der Waals surface area contributed by atoms with Gasteiger partial charge in [-0.15, -0.1) is 11.6 Å². The fourth-order valence-electron chi connectivity index (χ4n) is 2.06. The Kier molecular flexibility index (Phi) is 5.48. The first-order chi connectivity index (χ1) is 10.1. The molecule has 2 rings (SSSR count). The predicted octanol–water partition coefficient (Wildman–Crippen LogP) is 5.32. The lowest BCUT2D eigenvalue weighted by atomic mass is 10.0. The third-order valence-electron chi connectivity index (χ3n) is 3.04. The lowest BCUT2D eigenvalue weighted by Gasteiger charge is -2.18.